The standard InChI is InChI=1S/C10H16N4S/c1-10(2,3)13-9(15-4)12-8-6-5-7-11-14-8/h5-7H,1-4H3,(H,12,13,14). The van der Waals surface area contributed by atoms with Crippen molar-refractivity contribution in [2.24, 2.45) is 4.99 Å². The number of aromatic nitrogens is 2. The molecular weight excluding hydrogens is 208 g/mol. The molecule has 15 heavy (non-hydrogen) atoms. The minimum atomic E-state index is -0.0897. The summed E-state index contributed by atoms with van der Waals surface area (Å²) in [5, 5.41) is 11.7. The van der Waals surface area contributed by atoms with Gasteiger partial charge in [-0.05, 0) is 39.2 Å². The summed E-state index contributed by atoms with van der Waals surface area (Å²) < 4.78 is 0. The van der Waals surface area contributed by atoms with Crippen molar-refractivity contribution in [2.75, 3.05) is 11.6 Å². The molecule has 0 unspecified atom stereocenters. The second-order valence-electron chi connectivity index (χ2n) is 4.03. The van der Waals surface area contributed by atoms with E-state index in [1.165, 1.54) is 0 Å². The van der Waals surface area contributed by atoms with Gasteiger partial charge in [0.05, 0.1) is 5.54 Å². The van der Waals surface area contributed by atoms with E-state index in [2.05, 4.69) is 41.3 Å². The highest BCUT2D eigenvalue weighted by Gasteiger charge is 2.09. The average molecular weight is 224 g/mol. The summed E-state index contributed by atoms with van der Waals surface area (Å²) in [4.78, 5) is 4.52. The fourth-order valence-electron chi connectivity index (χ4n) is 0.907. The Morgan fingerprint density at radius 1 is 1.47 bits per heavy atom. The first-order valence-electron chi connectivity index (χ1n) is 4.70. The molecule has 0 saturated heterocycles. The van der Waals surface area contributed by atoms with Gasteiger partial charge in [-0.25, -0.2) is 0 Å². The highest BCUT2D eigenvalue weighted by atomic mass is 32.2. The molecule has 0 aliphatic rings. The maximum Gasteiger partial charge on any atom is 0.162 e. The van der Waals surface area contributed by atoms with E-state index in [4.69, 9.17) is 0 Å². The van der Waals surface area contributed by atoms with Crippen LogP contribution in [0.3, 0.4) is 0 Å². The zero-order valence-corrected chi connectivity index (χ0v) is 10.3. The molecule has 0 saturated carbocycles. The van der Waals surface area contributed by atoms with Gasteiger partial charge in [0.15, 0.2) is 11.0 Å². The molecule has 0 aromatic carbocycles. The van der Waals surface area contributed by atoms with Crippen LogP contribution in [-0.4, -0.2) is 27.2 Å². The van der Waals surface area contributed by atoms with Crippen LogP contribution >= 0.6 is 11.8 Å². The number of thioether (sulfide) groups is 1. The molecule has 0 radical (unpaired) electrons. The van der Waals surface area contributed by atoms with Crippen molar-refractivity contribution in [2.45, 2.75) is 26.3 Å². The minimum absolute atomic E-state index is 0.0897. The van der Waals surface area contributed by atoms with Crippen LogP contribution in [0.2, 0.25) is 0 Å². The van der Waals surface area contributed by atoms with E-state index < -0.39 is 0 Å². The number of hydrogen-bond donors (Lipinski definition) is 1. The topological polar surface area (TPSA) is 50.2 Å². The lowest BCUT2D eigenvalue weighted by Crippen LogP contribution is -2.18. The molecule has 1 heterocycles. The van der Waals surface area contributed by atoms with E-state index in [1.807, 2.05) is 18.4 Å². The van der Waals surface area contributed by atoms with Gasteiger partial charge in [0.25, 0.3) is 0 Å². The van der Waals surface area contributed by atoms with Crippen molar-refractivity contribution in [1.82, 2.24) is 10.2 Å². The van der Waals surface area contributed by atoms with E-state index >= 15 is 0 Å². The first-order chi connectivity index (χ1) is 7.01. The Morgan fingerprint density at radius 3 is 2.67 bits per heavy atom. The van der Waals surface area contributed by atoms with Crippen LogP contribution in [0.25, 0.3) is 0 Å². The summed E-state index contributed by atoms with van der Waals surface area (Å²) in [6.07, 6.45) is 3.62. The second-order valence-corrected chi connectivity index (χ2v) is 4.82. The minimum Gasteiger partial charge on any atom is -0.318 e. The summed E-state index contributed by atoms with van der Waals surface area (Å²) >= 11 is 1.56. The van der Waals surface area contributed by atoms with Crippen LogP contribution in [0.1, 0.15) is 20.8 Å². The SMILES string of the molecule is CSC(=NC(C)(C)C)Nc1cccnn1. The van der Waals surface area contributed by atoms with Crippen LogP contribution in [0.5, 0.6) is 0 Å². The number of nitrogens with zero attached hydrogens (tertiary/aromatic N) is 3. The molecule has 1 N–H and O–H groups in total. The number of hydrogen-bond acceptors (Lipinski definition) is 4. The molecule has 5 heteroatoms. The molecule has 0 fully saturated rings. The average Bonchev–Trinajstić information content (AvgIpc) is 2.16. The summed E-state index contributed by atoms with van der Waals surface area (Å²) in [6.45, 7) is 6.17. The van der Waals surface area contributed by atoms with Gasteiger partial charge in [0.1, 0.15) is 0 Å². The number of amidine groups is 1. The molecule has 0 aliphatic carbocycles. The summed E-state index contributed by atoms with van der Waals surface area (Å²) in [7, 11) is 0. The van der Waals surface area contributed by atoms with Gasteiger partial charge >= 0.3 is 0 Å². The maximum absolute atomic E-state index is 4.52. The molecule has 0 amide bonds. The smallest absolute Gasteiger partial charge is 0.162 e. The lowest BCUT2D eigenvalue weighted by Gasteiger charge is -2.15. The van der Waals surface area contributed by atoms with Crippen molar-refractivity contribution < 1.29 is 0 Å². The van der Waals surface area contributed by atoms with Gasteiger partial charge in [-0.1, -0.05) is 11.8 Å². The Morgan fingerprint density at radius 2 is 2.20 bits per heavy atom. The fourth-order valence-corrected chi connectivity index (χ4v) is 1.48. The van der Waals surface area contributed by atoms with Gasteiger partial charge in [-0.15, -0.1) is 5.10 Å². The third-order valence-corrected chi connectivity index (χ3v) is 2.02. The monoisotopic (exact) mass is 224 g/mol. The van der Waals surface area contributed by atoms with Crippen molar-refractivity contribution in [1.29, 1.82) is 0 Å². The number of rotatable bonds is 1. The van der Waals surface area contributed by atoms with Crippen LogP contribution in [-0.2, 0) is 0 Å². The van der Waals surface area contributed by atoms with Crippen LogP contribution in [0, 0.1) is 0 Å². The lowest BCUT2D eigenvalue weighted by atomic mass is 10.1. The van der Waals surface area contributed by atoms with Crippen LogP contribution in [0.4, 0.5) is 5.82 Å². The Balaban J connectivity index is 2.75. The molecular formula is C10H16N4S. The van der Waals surface area contributed by atoms with Gasteiger partial charge < -0.3 is 5.32 Å². The highest BCUT2D eigenvalue weighted by molar-refractivity contribution is 8.13. The van der Waals surface area contributed by atoms with E-state index in [0.717, 1.165) is 11.0 Å². The Kier molecular flexibility index (Phi) is 4.08. The Bertz CT molecular complexity index is 329. The van der Waals surface area contributed by atoms with E-state index in [1.54, 1.807) is 18.0 Å². The zero-order chi connectivity index (χ0) is 11.3. The predicted molar refractivity (Wildman–Crippen MR) is 66.4 cm³/mol. The molecule has 4 nitrogen and oxygen atoms in total. The summed E-state index contributed by atoms with van der Waals surface area (Å²) in [6, 6.07) is 3.70. The normalized spacial score (nSPS) is 12.7. The van der Waals surface area contributed by atoms with Crippen molar-refractivity contribution in [3.8, 4) is 0 Å². The third kappa shape index (κ3) is 4.78. The number of aliphatic imine (C=N–C) groups is 1. The molecule has 0 atom stereocenters. The number of anilines is 1. The first-order valence-corrected chi connectivity index (χ1v) is 5.92. The largest absolute Gasteiger partial charge is 0.318 e. The quantitative estimate of drug-likeness (QED) is 0.588. The fraction of sp³-hybridized carbons (Fsp3) is 0.500. The van der Waals surface area contributed by atoms with Gasteiger partial charge in [-0.2, -0.15) is 5.10 Å². The lowest BCUT2D eigenvalue weighted by molar-refractivity contribution is 0.585. The molecule has 1 aromatic rings. The zero-order valence-electron chi connectivity index (χ0n) is 9.48. The predicted octanol–water partition coefficient (Wildman–Crippen LogP) is 2.41. The highest BCUT2D eigenvalue weighted by Crippen LogP contribution is 2.12. The first kappa shape index (κ1) is 12.0. The Hall–Kier alpha value is -1.10. The summed E-state index contributed by atoms with van der Waals surface area (Å²) in [5.74, 6) is 0.717. The van der Waals surface area contributed by atoms with E-state index in [9.17, 15) is 0 Å². The summed E-state index contributed by atoms with van der Waals surface area (Å²) in [5.41, 5.74) is -0.0897. The molecule has 0 aliphatic heterocycles. The molecule has 0 bridgehead atoms. The van der Waals surface area contributed by atoms with Gasteiger partial charge in [0, 0.05) is 6.20 Å². The third-order valence-electron chi connectivity index (χ3n) is 1.44. The second kappa shape index (κ2) is 5.11. The van der Waals surface area contributed by atoms with Gasteiger partial charge in [-0.3, -0.25) is 4.99 Å². The van der Waals surface area contributed by atoms with Crippen molar-refractivity contribution in [3.05, 3.63) is 18.3 Å². The van der Waals surface area contributed by atoms with Crippen molar-refractivity contribution >= 4 is 22.7 Å². The van der Waals surface area contributed by atoms with Crippen molar-refractivity contribution in [3.63, 3.8) is 0 Å². The van der Waals surface area contributed by atoms with Crippen LogP contribution < -0.4 is 5.32 Å². The molecule has 0 spiro atoms. The maximum atomic E-state index is 4.52. The molecule has 1 aromatic heterocycles. The van der Waals surface area contributed by atoms with Gasteiger partial charge in [0.2, 0.25) is 0 Å². The molecule has 1 rings (SSSR count). The van der Waals surface area contributed by atoms with E-state index in [-0.39, 0.29) is 5.54 Å². The Labute approximate surface area is 94.6 Å². The number of nitrogens with one attached hydrogen (secondary N) is 1. The molecule has 82 valence electrons. The van der Waals surface area contributed by atoms with E-state index in [0.29, 0.717) is 0 Å². The van der Waals surface area contributed by atoms with Crippen LogP contribution in [0.15, 0.2) is 23.3 Å².